The van der Waals surface area contributed by atoms with Crippen molar-refractivity contribution in [3.8, 4) is 5.75 Å². The molecule has 8 nitrogen and oxygen atoms in total. The number of esters is 1. The van der Waals surface area contributed by atoms with Crippen LogP contribution in [0.25, 0.3) is 0 Å². The summed E-state index contributed by atoms with van der Waals surface area (Å²) in [5.74, 6) is 0.747. The Morgan fingerprint density at radius 1 is 1.31 bits per heavy atom. The Hall–Kier alpha value is -2.03. The van der Waals surface area contributed by atoms with Gasteiger partial charge in [-0.15, -0.1) is 0 Å². The fourth-order valence-corrected chi connectivity index (χ4v) is 3.11. The predicted octanol–water partition coefficient (Wildman–Crippen LogP) is 2.82. The molecule has 0 aromatic carbocycles. The summed E-state index contributed by atoms with van der Waals surface area (Å²) in [7, 11) is 2.87. The lowest BCUT2D eigenvalue weighted by Crippen LogP contribution is -2.44. The van der Waals surface area contributed by atoms with E-state index in [4.69, 9.17) is 14.2 Å². The summed E-state index contributed by atoms with van der Waals surface area (Å²) in [5.41, 5.74) is -0.650. The fourth-order valence-electron chi connectivity index (χ4n) is 2.70. The summed E-state index contributed by atoms with van der Waals surface area (Å²) < 4.78 is 16.1. The van der Waals surface area contributed by atoms with Crippen molar-refractivity contribution in [1.82, 2.24) is 9.88 Å². The number of hydrogen-bond acceptors (Lipinski definition) is 7. The third-order valence-electron chi connectivity index (χ3n) is 3.76. The van der Waals surface area contributed by atoms with Crippen molar-refractivity contribution in [2.75, 3.05) is 26.1 Å². The maximum atomic E-state index is 12.5. The molecule has 1 aromatic rings. The Labute approximate surface area is 161 Å². The van der Waals surface area contributed by atoms with Gasteiger partial charge in [0.1, 0.15) is 27.8 Å². The standard InChI is InChI=1S/C17H24BrN3O5/c1-17(2,3)26-16(23)21-9-10(6-12(21)15(22)25-5)19-14-8-11(24-4)7-13(18)20-14/h7-8,10,12H,6,9H2,1-5H3,(H,19,20)/t10-,12-/m0/s1. The number of methoxy groups -OCH3 is 2. The second kappa shape index (κ2) is 8.11. The molecule has 1 saturated heterocycles. The molecule has 0 saturated carbocycles. The molecule has 1 N–H and O–H groups in total. The van der Waals surface area contributed by atoms with Gasteiger partial charge in [0.2, 0.25) is 0 Å². The molecule has 1 amide bonds. The second-order valence-electron chi connectivity index (χ2n) is 6.96. The molecule has 0 bridgehead atoms. The number of ether oxygens (including phenoxy) is 3. The van der Waals surface area contributed by atoms with Gasteiger partial charge in [0.25, 0.3) is 0 Å². The Kier molecular flexibility index (Phi) is 6.33. The van der Waals surface area contributed by atoms with E-state index in [1.807, 2.05) is 0 Å². The van der Waals surface area contributed by atoms with Crippen LogP contribution in [0.4, 0.5) is 10.6 Å². The van der Waals surface area contributed by atoms with Gasteiger partial charge in [-0.05, 0) is 36.7 Å². The molecular formula is C17H24BrN3O5. The second-order valence-corrected chi connectivity index (χ2v) is 7.78. The number of hydrogen-bond donors (Lipinski definition) is 1. The van der Waals surface area contributed by atoms with Crippen LogP contribution in [0.1, 0.15) is 27.2 Å². The molecule has 0 radical (unpaired) electrons. The zero-order valence-corrected chi connectivity index (χ0v) is 17.1. The first kappa shape index (κ1) is 20.3. The minimum absolute atomic E-state index is 0.182. The number of carbonyl (C=O) groups is 2. The molecule has 2 atom stereocenters. The number of rotatable bonds is 4. The first-order chi connectivity index (χ1) is 12.1. The Balaban J connectivity index is 2.15. The number of halogens is 1. The normalized spacial score (nSPS) is 19.8. The molecule has 0 spiro atoms. The molecular weight excluding hydrogens is 406 g/mol. The lowest BCUT2D eigenvalue weighted by Gasteiger charge is -2.27. The van der Waals surface area contributed by atoms with Crippen LogP contribution in [0.2, 0.25) is 0 Å². The first-order valence-corrected chi connectivity index (χ1v) is 8.98. The minimum atomic E-state index is -0.707. The van der Waals surface area contributed by atoms with E-state index in [1.54, 1.807) is 40.0 Å². The number of likely N-dealkylation sites (tertiary alicyclic amines) is 1. The summed E-state index contributed by atoms with van der Waals surface area (Å²) in [6, 6.07) is 2.59. The van der Waals surface area contributed by atoms with Crippen LogP contribution in [0.3, 0.4) is 0 Å². The highest BCUT2D eigenvalue weighted by atomic mass is 79.9. The van der Waals surface area contributed by atoms with Crippen molar-refractivity contribution < 1.29 is 23.8 Å². The summed E-state index contributed by atoms with van der Waals surface area (Å²) in [6.45, 7) is 5.63. The van der Waals surface area contributed by atoms with E-state index in [0.29, 0.717) is 29.1 Å². The zero-order chi connectivity index (χ0) is 19.5. The highest BCUT2D eigenvalue weighted by molar-refractivity contribution is 9.10. The molecule has 0 unspecified atom stereocenters. The molecule has 26 heavy (non-hydrogen) atoms. The van der Waals surface area contributed by atoms with Gasteiger partial charge in [-0.1, -0.05) is 0 Å². The summed E-state index contributed by atoms with van der Waals surface area (Å²) >= 11 is 3.33. The summed E-state index contributed by atoms with van der Waals surface area (Å²) in [4.78, 5) is 30.3. The average Bonchev–Trinajstić information content (AvgIpc) is 2.95. The van der Waals surface area contributed by atoms with Crippen LogP contribution < -0.4 is 10.1 Å². The van der Waals surface area contributed by atoms with Crippen molar-refractivity contribution in [2.24, 2.45) is 0 Å². The van der Waals surface area contributed by atoms with Crippen LogP contribution in [-0.2, 0) is 14.3 Å². The van der Waals surface area contributed by atoms with Gasteiger partial charge in [0.15, 0.2) is 0 Å². The largest absolute Gasteiger partial charge is 0.497 e. The van der Waals surface area contributed by atoms with E-state index in [9.17, 15) is 9.59 Å². The molecule has 1 fully saturated rings. The van der Waals surface area contributed by atoms with Crippen LogP contribution in [0, 0.1) is 0 Å². The van der Waals surface area contributed by atoms with Gasteiger partial charge >= 0.3 is 12.1 Å². The predicted molar refractivity (Wildman–Crippen MR) is 99.3 cm³/mol. The van der Waals surface area contributed by atoms with Gasteiger partial charge in [-0.25, -0.2) is 14.6 Å². The van der Waals surface area contributed by atoms with Crippen LogP contribution in [-0.4, -0.2) is 60.4 Å². The van der Waals surface area contributed by atoms with Crippen LogP contribution in [0.15, 0.2) is 16.7 Å². The average molecular weight is 430 g/mol. The Morgan fingerprint density at radius 2 is 2.00 bits per heavy atom. The number of nitrogens with one attached hydrogen (secondary N) is 1. The number of aromatic nitrogens is 1. The first-order valence-electron chi connectivity index (χ1n) is 8.18. The molecule has 1 aromatic heterocycles. The molecule has 144 valence electrons. The quantitative estimate of drug-likeness (QED) is 0.580. The maximum absolute atomic E-state index is 12.5. The van der Waals surface area contributed by atoms with Crippen molar-refractivity contribution >= 4 is 33.8 Å². The Bertz CT molecular complexity index is 677. The zero-order valence-electron chi connectivity index (χ0n) is 15.5. The number of anilines is 1. The van der Waals surface area contributed by atoms with Crippen molar-refractivity contribution in [2.45, 2.75) is 44.9 Å². The molecule has 1 aliphatic rings. The van der Waals surface area contributed by atoms with Gasteiger partial charge in [-0.2, -0.15) is 0 Å². The van der Waals surface area contributed by atoms with Crippen molar-refractivity contribution in [3.63, 3.8) is 0 Å². The maximum Gasteiger partial charge on any atom is 0.411 e. The van der Waals surface area contributed by atoms with Gasteiger partial charge in [0.05, 0.1) is 14.2 Å². The van der Waals surface area contributed by atoms with Gasteiger partial charge < -0.3 is 19.5 Å². The number of nitrogens with zero attached hydrogens (tertiary/aromatic N) is 2. The van der Waals surface area contributed by atoms with Crippen LogP contribution >= 0.6 is 15.9 Å². The highest BCUT2D eigenvalue weighted by Crippen LogP contribution is 2.26. The molecule has 1 aliphatic heterocycles. The molecule has 2 rings (SSSR count). The number of pyridine rings is 1. The van der Waals surface area contributed by atoms with E-state index in [-0.39, 0.29) is 6.04 Å². The molecule has 0 aliphatic carbocycles. The molecule has 9 heteroatoms. The van der Waals surface area contributed by atoms with E-state index in [0.717, 1.165) is 0 Å². The van der Waals surface area contributed by atoms with E-state index >= 15 is 0 Å². The van der Waals surface area contributed by atoms with Crippen molar-refractivity contribution in [1.29, 1.82) is 0 Å². The minimum Gasteiger partial charge on any atom is -0.497 e. The van der Waals surface area contributed by atoms with E-state index < -0.39 is 23.7 Å². The third-order valence-corrected chi connectivity index (χ3v) is 4.16. The smallest absolute Gasteiger partial charge is 0.411 e. The van der Waals surface area contributed by atoms with E-state index in [1.165, 1.54) is 12.0 Å². The fraction of sp³-hybridized carbons (Fsp3) is 0.588. The summed E-state index contributed by atoms with van der Waals surface area (Å²) in [6.07, 6.45) is -0.153. The molecule has 2 heterocycles. The lowest BCUT2D eigenvalue weighted by atomic mass is 10.1. The monoisotopic (exact) mass is 429 g/mol. The number of carbonyl (C=O) groups excluding carboxylic acids is 2. The SMILES string of the molecule is COC(=O)[C@@H]1C[C@H](Nc2cc(OC)cc(Br)n2)CN1C(=O)OC(C)(C)C. The summed E-state index contributed by atoms with van der Waals surface area (Å²) in [5, 5.41) is 3.23. The van der Waals surface area contributed by atoms with Gasteiger partial charge in [-0.3, -0.25) is 4.90 Å². The highest BCUT2D eigenvalue weighted by Gasteiger charge is 2.42. The third kappa shape index (κ3) is 5.23. The number of amides is 1. The topological polar surface area (TPSA) is 90.0 Å². The Morgan fingerprint density at radius 3 is 2.58 bits per heavy atom. The lowest BCUT2D eigenvalue weighted by molar-refractivity contribution is -0.145. The van der Waals surface area contributed by atoms with Crippen molar-refractivity contribution in [3.05, 3.63) is 16.7 Å². The van der Waals surface area contributed by atoms with Crippen LogP contribution in [0.5, 0.6) is 5.75 Å². The van der Waals surface area contributed by atoms with E-state index in [2.05, 4.69) is 26.2 Å². The van der Waals surface area contributed by atoms with Gasteiger partial charge in [0, 0.05) is 31.1 Å².